The van der Waals surface area contributed by atoms with Gasteiger partial charge in [0.15, 0.2) is 0 Å². The summed E-state index contributed by atoms with van der Waals surface area (Å²) in [5, 5.41) is 4.06. The van der Waals surface area contributed by atoms with Crippen LogP contribution >= 0.6 is 15.9 Å². The number of benzene rings is 2. The Morgan fingerprint density at radius 1 is 1.09 bits per heavy atom. The molecule has 0 spiro atoms. The Bertz CT molecular complexity index is 1310. The van der Waals surface area contributed by atoms with Gasteiger partial charge in [0.05, 0.1) is 18.2 Å². The van der Waals surface area contributed by atoms with E-state index in [1.165, 1.54) is 11.1 Å². The van der Waals surface area contributed by atoms with Gasteiger partial charge in [-0.15, -0.1) is 0 Å². The van der Waals surface area contributed by atoms with E-state index in [-0.39, 0.29) is 6.54 Å². The molecule has 1 aromatic heterocycles. The van der Waals surface area contributed by atoms with Crippen molar-refractivity contribution in [3.8, 4) is 5.69 Å². The van der Waals surface area contributed by atoms with Crippen LogP contribution in [0.5, 0.6) is 0 Å². The maximum Gasteiger partial charge on any atom is 0.260 e. The number of rotatable bonds is 7. The average Bonchev–Trinajstić information content (AvgIpc) is 2.97. The fraction of sp³-hybridized carbons (Fsp3) is 0.250. The second kappa shape index (κ2) is 9.93. The summed E-state index contributed by atoms with van der Waals surface area (Å²) in [6.07, 6.45) is 2.63. The van der Waals surface area contributed by atoms with Gasteiger partial charge in [-0.2, -0.15) is 5.10 Å². The highest BCUT2D eigenvalue weighted by molar-refractivity contribution is 9.10. The van der Waals surface area contributed by atoms with Crippen molar-refractivity contribution in [3.05, 3.63) is 81.1 Å². The lowest BCUT2D eigenvalue weighted by atomic mass is 10.1. The highest BCUT2D eigenvalue weighted by Crippen LogP contribution is 2.23. The number of anilines is 1. The van der Waals surface area contributed by atoms with Gasteiger partial charge in [0.25, 0.3) is 5.91 Å². The Kier molecular flexibility index (Phi) is 7.44. The maximum absolute atomic E-state index is 12.5. The first kappa shape index (κ1) is 24.7. The van der Waals surface area contributed by atoms with Crippen molar-refractivity contribution in [2.75, 3.05) is 17.1 Å². The molecule has 0 aliphatic rings. The van der Waals surface area contributed by atoms with Gasteiger partial charge in [-0.1, -0.05) is 28.1 Å². The van der Waals surface area contributed by atoms with Gasteiger partial charge in [-0.3, -0.25) is 9.10 Å². The van der Waals surface area contributed by atoms with E-state index in [2.05, 4.69) is 63.1 Å². The number of aromatic nitrogens is 1. The van der Waals surface area contributed by atoms with Gasteiger partial charge >= 0.3 is 0 Å². The number of hydrazone groups is 1. The van der Waals surface area contributed by atoms with E-state index in [9.17, 15) is 13.2 Å². The van der Waals surface area contributed by atoms with E-state index in [1.54, 1.807) is 30.5 Å². The molecule has 1 amide bonds. The number of nitrogens with one attached hydrogen (secondary N) is 1. The van der Waals surface area contributed by atoms with Crippen LogP contribution in [0.15, 0.2) is 58.1 Å². The van der Waals surface area contributed by atoms with Crippen molar-refractivity contribution in [2.45, 2.75) is 27.7 Å². The Hall–Kier alpha value is -2.91. The summed E-state index contributed by atoms with van der Waals surface area (Å²) in [7, 11) is -3.66. The van der Waals surface area contributed by atoms with Gasteiger partial charge in [-0.05, 0) is 75.2 Å². The fourth-order valence-corrected chi connectivity index (χ4v) is 5.00. The molecule has 7 nitrogen and oxygen atoms in total. The summed E-state index contributed by atoms with van der Waals surface area (Å²) < 4.78 is 28.4. The normalized spacial score (nSPS) is 11.7. The predicted octanol–water partition coefficient (Wildman–Crippen LogP) is 4.39. The molecule has 3 rings (SSSR count). The molecule has 0 fully saturated rings. The minimum atomic E-state index is -3.66. The molecule has 0 radical (unpaired) electrons. The van der Waals surface area contributed by atoms with Crippen LogP contribution < -0.4 is 9.73 Å². The lowest BCUT2D eigenvalue weighted by Crippen LogP contribution is -2.39. The molecule has 0 saturated heterocycles. The van der Waals surface area contributed by atoms with Crippen LogP contribution in [0, 0.1) is 27.7 Å². The standard InChI is InChI=1S/C24H27BrN4O3S/c1-16-9-17(2)11-23(10-16)29-18(3)12-20(19(29)4)14-26-27-24(30)15-28(33(5,31)32)22-8-6-7-21(25)13-22/h6-14H,15H2,1-5H3,(H,27,30)/b26-14+. The Labute approximate surface area is 203 Å². The highest BCUT2D eigenvalue weighted by atomic mass is 79.9. The van der Waals surface area contributed by atoms with Crippen LogP contribution in [0.1, 0.15) is 28.1 Å². The number of carbonyl (C=O) groups is 1. The van der Waals surface area contributed by atoms with Crippen molar-refractivity contribution in [1.29, 1.82) is 0 Å². The maximum atomic E-state index is 12.5. The average molecular weight is 531 g/mol. The smallest absolute Gasteiger partial charge is 0.260 e. The first-order chi connectivity index (χ1) is 15.5. The van der Waals surface area contributed by atoms with Crippen molar-refractivity contribution < 1.29 is 13.2 Å². The number of halogens is 1. The van der Waals surface area contributed by atoms with E-state index in [0.29, 0.717) is 10.2 Å². The van der Waals surface area contributed by atoms with Crippen LogP contribution in [-0.2, 0) is 14.8 Å². The quantitative estimate of drug-likeness (QED) is 0.363. The van der Waals surface area contributed by atoms with E-state index in [0.717, 1.165) is 33.2 Å². The van der Waals surface area contributed by atoms with Gasteiger partial charge in [0.1, 0.15) is 6.54 Å². The summed E-state index contributed by atoms with van der Waals surface area (Å²) in [6.45, 7) is 7.76. The van der Waals surface area contributed by atoms with Gasteiger partial charge in [0, 0.05) is 27.1 Å². The third kappa shape index (κ3) is 6.11. The third-order valence-corrected chi connectivity index (χ3v) is 6.75. The molecule has 1 N–H and O–H groups in total. The molecule has 9 heteroatoms. The predicted molar refractivity (Wildman–Crippen MR) is 137 cm³/mol. The zero-order valence-electron chi connectivity index (χ0n) is 19.3. The minimum absolute atomic E-state index is 0.381. The molecule has 0 atom stereocenters. The van der Waals surface area contributed by atoms with Crippen LogP contribution in [0.3, 0.4) is 0 Å². The molecule has 1 heterocycles. The largest absolute Gasteiger partial charge is 0.318 e. The molecule has 0 aliphatic heterocycles. The Balaban J connectivity index is 1.76. The van der Waals surface area contributed by atoms with Crippen LogP contribution in [0.4, 0.5) is 5.69 Å². The van der Waals surface area contributed by atoms with Crippen molar-refractivity contribution in [1.82, 2.24) is 9.99 Å². The summed E-state index contributed by atoms with van der Waals surface area (Å²) in [6, 6.07) is 15.1. The van der Waals surface area contributed by atoms with E-state index in [1.807, 2.05) is 19.9 Å². The number of hydrogen-bond donors (Lipinski definition) is 1. The number of nitrogens with zero attached hydrogens (tertiary/aromatic N) is 3. The summed E-state index contributed by atoms with van der Waals surface area (Å²) >= 11 is 3.32. The van der Waals surface area contributed by atoms with Crippen LogP contribution in [0.2, 0.25) is 0 Å². The van der Waals surface area contributed by atoms with Crippen molar-refractivity contribution in [3.63, 3.8) is 0 Å². The van der Waals surface area contributed by atoms with Crippen LogP contribution in [-0.4, -0.2) is 37.9 Å². The monoisotopic (exact) mass is 530 g/mol. The topological polar surface area (TPSA) is 83.8 Å². The first-order valence-corrected chi connectivity index (χ1v) is 12.9. The number of hydrogen-bond acceptors (Lipinski definition) is 4. The third-order valence-electron chi connectivity index (χ3n) is 5.11. The molecule has 3 aromatic rings. The number of carbonyl (C=O) groups excluding carboxylic acids is 1. The molecule has 0 aliphatic carbocycles. The van der Waals surface area contributed by atoms with E-state index >= 15 is 0 Å². The summed E-state index contributed by atoms with van der Waals surface area (Å²) in [5.74, 6) is -0.542. The van der Waals surface area contributed by atoms with E-state index < -0.39 is 15.9 Å². The van der Waals surface area contributed by atoms with Gasteiger partial charge in [0.2, 0.25) is 10.0 Å². The molecule has 33 heavy (non-hydrogen) atoms. The molecular formula is C24H27BrN4O3S. The molecular weight excluding hydrogens is 504 g/mol. The molecule has 0 unspecified atom stereocenters. The van der Waals surface area contributed by atoms with E-state index in [4.69, 9.17) is 0 Å². The minimum Gasteiger partial charge on any atom is -0.318 e. The first-order valence-electron chi connectivity index (χ1n) is 10.3. The van der Waals surface area contributed by atoms with Crippen LogP contribution in [0.25, 0.3) is 5.69 Å². The second-order valence-electron chi connectivity index (χ2n) is 8.05. The zero-order chi connectivity index (χ0) is 24.3. The van der Waals surface area contributed by atoms with Gasteiger partial charge in [-0.25, -0.2) is 13.8 Å². The number of aryl methyl sites for hydroxylation is 3. The van der Waals surface area contributed by atoms with Crippen molar-refractivity contribution >= 4 is 43.8 Å². The Morgan fingerprint density at radius 2 is 1.76 bits per heavy atom. The van der Waals surface area contributed by atoms with Crippen molar-refractivity contribution in [2.24, 2.45) is 5.10 Å². The molecule has 174 valence electrons. The molecule has 2 aromatic carbocycles. The summed E-state index contributed by atoms with van der Waals surface area (Å²) in [5.41, 5.74) is 9.16. The molecule has 0 saturated carbocycles. The fourth-order valence-electron chi connectivity index (χ4n) is 3.77. The van der Waals surface area contributed by atoms with Gasteiger partial charge < -0.3 is 4.57 Å². The highest BCUT2D eigenvalue weighted by Gasteiger charge is 2.21. The molecule has 0 bridgehead atoms. The lowest BCUT2D eigenvalue weighted by molar-refractivity contribution is -0.119. The SMILES string of the molecule is Cc1cc(C)cc(-n2c(C)cc(/C=N/NC(=O)CN(c3cccc(Br)c3)S(C)(=O)=O)c2C)c1. The Morgan fingerprint density at radius 3 is 2.36 bits per heavy atom. The number of amides is 1. The number of sulfonamides is 1. The second-order valence-corrected chi connectivity index (χ2v) is 10.9. The summed E-state index contributed by atoms with van der Waals surface area (Å²) in [4.78, 5) is 12.5. The zero-order valence-corrected chi connectivity index (χ0v) is 21.7. The lowest BCUT2D eigenvalue weighted by Gasteiger charge is -2.21.